The van der Waals surface area contributed by atoms with E-state index in [4.69, 9.17) is 0 Å². The van der Waals surface area contributed by atoms with Crippen molar-refractivity contribution in [2.45, 2.75) is 31.9 Å². The van der Waals surface area contributed by atoms with Crippen LogP contribution >= 0.6 is 11.3 Å². The predicted molar refractivity (Wildman–Crippen MR) is 93.3 cm³/mol. The highest BCUT2D eigenvalue weighted by molar-refractivity contribution is 7.10. The number of rotatable bonds is 1. The summed E-state index contributed by atoms with van der Waals surface area (Å²) in [7, 11) is 0. The number of hydrogen-bond acceptors (Lipinski definition) is 3. The lowest BCUT2D eigenvalue weighted by Gasteiger charge is -2.45. The van der Waals surface area contributed by atoms with Gasteiger partial charge < -0.3 is 5.32 Å². The summed E-state index contributed by atoms with van der Waals surface area (Å²) in [6.07, 6.45) is 4.72. The van der Waals surface area contributed by atoms with Gasteiger partial charge in [-0.05, 0) is 43.2 Å². The van der Waals surface area contributed by atoms with Crippen LogP contribution in [0, 0.1) is 17.8 Å². The molecule has 0 aliphatic carbocycles. The highest BCUT2D eigenvalue weighted by Crippen LogP contribution is 2.30. The molecule has 5 heterocycles. The summed E-state index contributed by atoms with van der Waals surface area (Å²) in [5, 5.41) is 3.99. The number of fused-ring (bicyclic) bond motifs is 4. The van der Waals surface area contributed by atoms with Crippen molar-refractivity contribution in [3.05, 3.63) is 20.7 Å². The summed E-state index contributed by atoms with van der Waals surface area (Å²) in [6, 6.07) is 1.66. The molecule has 1 atom stereocenters. The minimum Gasteiger partial charge on any atom is -0.322 e. The summed E-state index contributed by atoms with van der Waals surface area (Å²) in [5.41, 5.74) is 0. The molecule has 3 fully saturated rings. The first-order chi connectivity index (χ1) is 12.1. The van der Waals surface area contributed by atoms with Crippen molar-refractivity contribution in [3.8, 4) is 11.8 Å². The van der Waals surface area contributed by atoms with Crippen LogP contribution in [0.25, 0.3) is 12.3 Å². The Labute approximate surface area is 148 Å². The van der Waals surface area contributed by atoms with Gasteiger partial charge in [0.05, 0.1) is 11.0 Å². The van der Waals surface area contributed by atoms with Gasteiger partial charge in [0.1, 0.15) is 0 Å². The van der Waals surface area contributed by atoms with Gasteiger partial charge in [0, 0.05) is 35.6 Å². The second-order valence-corrected chi connectivity index (χ2v) is 7.75. The van der Waals surface area contributed by atoms with E-state index in [0.29, 0.717) is 11.4 Å². The van der Waals surface area contributed by atoms with Crippen molar-refractivity contribution in [1.29, 1.82) is 0 Å². The third kappa shape index (κ3) is 3.55. The third-order valence-corrected chi connectivity index (χ3v) is 6.12. The fourth-order valence-electron chi connectivity index (χ4n) is 3.75. The Morgan fingerprint density at radius 3 is 2.84 bits per heavy atom. The van der Waals surface area contributed by atoms with Crippen LogP contribution in [0.4, 0.5) is 13.6 Å². The molecule has 132 valence electrons. The number of piperidine rings is 3. The van der Waals surface area contributed by atoms with E-state index in [1.807, 2.05) is 12.0 Å². The predicted octanol–water partition coefficient (Wildman–Crippen LogP) is 1.35. The summed E-state index contributed by atoms with van der Waals surface area (Å²) >= 11 is 1.38. The number of halogens is 2. The number of hydrogen-bond donors (Lipinski definition) is 1. The van der Waals surface area contributed by atoms with E-state index >= 15 is 0 Å². The van der Waals surface area contributed by atoms with Crippen LogP contribution in [0.5, 0.6) is 0 Å². The zero-order chi connectivity index (χ0) is 17.4. The molecule has 5 rings (SSSR count). The number of nitrogens with one attached hydrogen (secondary N) is 1. The standard InChI is InChI=1S/C18H19F2N3OS/c19-16(20)2-1-14-10-13-11-23(8-5-15(13)25-14)18(24)21-17-9-12-3-6-22(17)7-4-12/h5,10-12,16-17H,3-4,6-9H2,(H,21,24). The van der Waals surface area contributed by atoms with E-state index < -0.39 is 6.43 Å². The fraction of sp³-hybridized carbons (Fsp3) is 0.500. The molecule has 2 bridgehead atoms. The van der Waals surface area contributed by atoms with Crippen LogP contribution in [-0.2, 0) is 0 Å². The highest BCUT2D eigenvalue weighted by Gasteiger charge is 2.34. The summed E-state index contributed by atoms with van der Waals surface area (Å²) in [5.74, 6) is 5.09. The van der Waals surface area contributed by atoms with Gasteiger partial charge in [-0.1, -0.05) is 5.92 Å². The van der Waals surface area contributed by atoms with E-state index in [2.05, 4.69) is 16.1 Å². The van der Waals surface area contributed by atoms with Crippen molar-refractivity contribution in [2.75, 3.05) is 19.6 Å². The lowest BCUT2D eigenvalue weighted by molar-refractivity contribution is 0.0356. The van der Waals surface area contributed by atoms with Crippen molar-refractivity contribution in [3.63, 3.8) is 0 Å². The first-order valence-corrected chi connectivity index (χ1v) is 9.33. The third-order valence-electron chi connectivity index (χ3n) is 5.06. The Kier molecular flexibility index (Phi) is 4.48. The van der Waals surface area contributed by atoms with Crippen molar-refractivity contribution in [1.82, 2.24) is 15.1 Å². The van der Waals surface area contributed by atoms with Gasteiger partial charge in [-0.15, -0.1) is 11.3 Å². The smallest absolute Gasteiger partial charge is 0.322 e. The largest absolute Gasteiger partial charge is 0.322 e. The Morgan fingerprint density at radius 1 is 1.36 bits per heavy atom. The number of carbonyl (C=O) groups excluding carboxylic acids is 1. The van der Waals surface area contributed by atoms with Gasteiger partial charge in [-0.2, -0.15) is 8.78 Å². The maximum atomic E-state index is 12.6. The van der Waals surface area contributed by atoms with Gasteiger partial charge >= 0.3 is 6.03 Å². The Morgan fingerprint density at radius 2 is 2.16 bits per heavy atom. The Hall–Kier alpha value is -1.91. The topological polar surface area (TPSA) is 35.6 Å². The minimum atomic E-state index is -2.63. The van der Waals surface area contributed by atoms with E-state index in [1.165, 1.54) is 24.2 Å². The molecule has 0 radical (unpaired) electrons. The lowest BCUT2D eigenvalue weighted by atomic mass is 9.86. The maximum Gasteiger partial charge on any atom is 0.322 e. The maximum absolute atomic E-state index is 12.6. The quantitative estimate of drug-likeness (QED) is 0.765. The molecule has 0 spiro atoms. The normalized spacial score (nSPS) is 27.0. The molecule has 1 N–H and O–H groups in total. The average molecular weight is 363 g/mol. The first kappa shape index (κ1) is 16.6. The van der Waals surface area contributed by atoms with Gasteiger partial charge in [0.25, 0.3) is 6.43 Å². The number of carbonyl (C=O) groups is 1. The van der Waals surface area contributed by atoms with Crippen LogP contribution in [0.1, 0.15) is 24.1 Å². The van der Waals surface area contributed by atoms with Crippen LogP contribution < -0.4 is 15.1 Å². The Bertz CT molecular complexity index is 846. The number of alkyl halides is 2. The molecule has 3 saturated heterocycles. The fourth-order valence-corrected chi connectivity index (χ4v) is 4.67. The molecule has 4 nitrogen and oxygen atoms in total. The molecular weight excluding hydrogens is 344 g/mol. The van der Waals surface area contributed by atoms with Crippen molar-refractivity contribution < 1.29 is 13.6 Å². The van der Waals surface area contributed by atoms with E-state index in [-0.39, 0.29) is 12.2 Å². The number of urea groups is 1. The monoisotopic (exact) mass is 363 g/mol. The highest BCUT2D eigenvalue weighted by atomic mass is 32.1. The van der Waals surface area contributed by atoms with Gasteiger partial charge in [0.15, 0.2) is 0 Å². The lowest BCUT2D eigenvalue weighted by Crippen LogP contribution is -2.58. The molecule has 25 heavy (non-hydrogen) atoms. The van der Waals surface area contributed by atoms with Crippen LogP contribution in [-0.4, -0.2) is 48.1 Å². The van der Waals surface area contributed by atoms with Gasteiger partial charge in [-0.3, -0.25) is 9.80 Å². The van der Waals surface area contributed by atoms with Gasteiger partial charge in [-0.25, -0.2) is 4.79 Å². The molecular formula is C18H19F2N3OS. The molecule has 4 aliphatic heterocycles. The van der Waals surface area contributed by atoms with Crippen molar-refractivity contribution in [2.24, 2.45) is 5.92 Å². The zero-order valence-corrected chi connectivity index (χ0v) is 14.5. The minimum absolute atomic E-state index is 0.106. The molecule has 4 aliphatic rings. The summed E-state index contributed by atoms with van der Waals surface area (Å²) < 4.78 is 25.4. The van der Waals surface area contributed by atoms with E-state index in [0.717, 1.165) is 35.2 Å². The van der Waals surface area contributed by atoms with Crippen LogP contribution in [0.3, 0.4) is 0 Å². The van der Waals surface area contributed by atoms with Crippen LogP contribution in [0.2, 0.25) is 0 Å². The molecule has 1 aromatic rings. The second-order valence-electron chi connectivity index (χ2n) is 6.67. The second kappa shape index (κ2) is 6.77. The number of amides is 2. The molecule has 0 aromatic carbocycles. The van der Waals surface area contributed by atoms with E-state index in [9.17, 15) is 13.6 Å². The molecule has 1 unspecified atom stereocenters. The van der Waals surface area contributed by atoms with E-state index in [1.54, 1.807) is 17.2 Å². The average Bonchev–Trinajstić information content (AvgIpc) is 3.03. The zero-order valence-electron chi connectivity index (χ0n) is 13.7. The first-order valence-electron chi connectivity index (χ1n) is 8.51. The van der Waals surface area contributed by atoms with Crippen LogP contribution in [0.15, 0.2) is 6.07 Å². The number of nitrogens with zero attached hydrogens (tertiary/aromatic N) is 2. The summed E-state index contributed by atoms with van der Waals surface area (Å²) in [4.78, 5) is 17.2. The summed E-state index contributed by atoms with van der Waals surface area (Å²) in [6.45, 7) is 2.61. The van der Waals surface area contributed by atoms with Crippen molar-refractivity contribution >= 4 is 29.6 Å². The number of thiophene rings is 1. The molecule has 2 amide bonds. The van der Waals surface area contributed by atoms with Gasteiger partial charge in [0.2, 0.25) is 0 Å². The molecule has 0 saturated carbocycles. The SMILES string of the molecule is O=C(NC1CC2CCN1CC2)N1C=c2cc(C#CC(F)F)sc2=CC1. The molecule has 1 aromatic heterocycles. The molecule has 7 heteroatoms. The Balaban J connectivity index is 1.47.